The molecule has 0 bridgehead atoms. The predicted molar refractivity (Wildman–Crippen MR) is 144 cm³/mol. The Morgan fingerprint density at radius 1 is 0.971 bits per heavy atom. The van der Waals surface area contributed by atoms with Crippen LogP contribution < -0.4 is 15.5 Å². The van der Waals surface area contributed by atoms with Crippen molar-refractivity contribution in [2.75, 3.05) is 48.7 Å². The zero-order chi connectivity index (χ0) is 24.5. The van der Waals surface area contributed by atoms with Gasteiger partial charge in [-0.1, -0.05) is 29.8 Å². The van der Waals surface area contributed by atoms with Gasteiger partial charge in [0.15, 0.2) is 0 Å². The van der Waals surface area contributed by atoms with Crippen LogP contribution in [0.5, 0.6) is 0 Å². The van der Waals surface area contributed by atoms with Crippen LogP contribution in [0.25, 0.3) is 0 Å². The molecule has 0 saturated carbocycles. The summed E-state index contributed by atoms with van der Waals surface area (Å²) in [6.07, 6.45) is 0.918. The van der Waals surface area contributed by atoms with E-state index in [1.54, 1.807) is 0 Å². The molecular weight excluding hydrogens is 444 g/mol. The molecule has 184 valence electrons. The SMILES string of the molecule is Cc1ccc(NC(=O)CSC(C)C(=O)NC(C)CCN2CCN(c3cccc(C)c3)CC2)cc1. The normalized spacial score (nSPS) is 16.1. The first-order chi connectivity index (χ1) is 16.3. The molecule has 0 aromatic heterocycles. The van der Waals surface area contributed by atoms with Crippen LogP contribution in [0.1, 0.15) is 31.4 Å². The maximum atomic E-state index is 12.6. The number of thioether (sulfide) groups is 1. The highest BCUT2D eigenvalue weighted by Crippen LogP contribution is 2.18. The first-order valence-corrected chi connectivity index (χ1v) is 13.2. The third-order valence-corrected chi connectivity index (χ3v) is 7.32. The van der Waals surface area contributed by atoms with E-state index >= 15 is 0 Å². The van der Waals surface area contributed by atoms with Crippen LogP contribution in [-0.4, -0.2) is 66.5 Å². The summed E-state index contributed by atoms with van der Waals surface area (Å²) in [5.41, 5.74) is 4.53. The maximum Gasteiger partial charge on any atom is 0.234 e. The number of nitrogens with zero attached hydrogens (tertiary/aromatic N) is 2. The Labute approximate surface area is 208 Å². The van der Waals surface area contributed by atoms with Crippen LogP contribution in [-0.2, 0) is 9.59 Å². The van der Waals surface area contributed by atoms with E-state index in [9.17, 15) is 9.59 Å². The summed E-state index contributed by atoms with van der Waals surface area (Å²) in [6, 6.07) is 16.5. The highest BCUT2D eigenvalue weighted by atomic mass is 32.2. The van der Waals surface area contributed by atoms with E-state index in [1.165, 1.54) is 23.0 Å². The van der Waals surface area contributed by atoms with E-state index in [0.717, 1.165) is 50.4 Å². The number of benzene rings is 2. The van der Waals surface area contributed by atoms with E-state index in [4.69, 9.17) is 0 Å². The van der Waals surface area contributed by atoms with Gasteiger partial charge in [0.1, 0.15) is 0 Å². The maximum absolute atomic E-state index is 12.6. The molecule has 0 spiro atoms. The number of piperazine rings is 1. The van der Waals surface area contributed by atoms with Crippen molar-refractivity contribution in [3.8, 4) is 0 Å². The Hall–Kier alpha value is -2.51. The first kappa shape index (κ1) is 26.1. The minimum Gasteiger partial charge on any atom is -0.369 e. The molecule has 1 aliphatic rings. The number of amides is 2. The molecule has 2 N–H and O–H groups in total. The fourth-order valence-electron chi connectivity index (χ4n) is 3.97. The molecule has 2 atom stereocenters. The van der Waals surface area contributed by atoms with Gasteiger partial charge in [-0.05, 0) is 63.9 Å². The summed E-state index contributed by atoms with van der Waals surface area (Å²) in [5.74, 6) is 0.151. The third kappa shape index (κ3) is 8.37. The quantitative estimate of drug-likeness (QED) is 0.534. The van der Waals surface area contributed by atoms with Gasteiger partial charge >= 0.3 is 0 Å². The number of carbonyl (C=O) groups is 2. The number of carbonyl (C=O) groups excluding carboxylic acids is 2. The van der Waals surface area contributed by atoms with Gasteiger partial charge in [0.2, 0.25) is 11.8 Å². The average molecular weight is 483 g/mol. The fraction of sp³-hybridized carbons (Fsp3) is 0.481. The number of hydrogen-bond acceptors (Lipinski definition) is 5. The molecule has 1 saturated heterocycles. The van der Waals surface area contributed by atoms with Gasteiger partial charge in [0, 0.05) is 50.1 Å². The second kappa shape index (κ2) is 12.8. The Morgan fingerprint density at radius 2 is 1.68 bits per heavy atom. The smallest absolute Gasteiger partial charge is 0.234 e. The molecule has 1 heterocycles. The van der Waals surface area contributed by atoms with Crippen LogP contribution in [0.4, 0.5) is 11.4 Å². The highest BCUT2D eigenvalue weighted by molar-refractivity contribution is 8.01. The summed E-state index contributed by atoms with van der Waals surface area (Å²) < 4.78 is 0. The van der Waals surface area contributed by atoms with Crippen molar-refractivity contribution in [2.45, 2.75) is 45.4 Å². The van der Waals surface area contributed by atoms with Crippen molar-refractivity contribution >= 4 is 35.0 Å². The van der Waals surface area contributed by atoms with Crippen LogP contribution >= 0.6 is 11.8 Å². The molecular formula is C27H38N4O2S. The summed E-state index contributed by atoms with van der Waals surface area (Å²) in [5, 5.41) is 5.71. The Kier molecular flexibility index (Phi) is 9.84. The minimum absolute atomic E-state index is 0.00935. The molecule has 2 aromatic rings. The van der Waals surface area contributed by atoms with Crippen LogP contribution in [0.2, 0.25) is 0 Å². The summed E-state index contributed by atoms with van der Waals surface area (Å²) in [6.45, 7) is 13.2. The Morgan fingerprint density at radius 3 is 2.35 bits per heavy atom. The van der Waals surface area contributed by atoms with Gasteiger partial charge in [-0.3, -0.25) is 14.5 Å². The Balaban J connectivity index is 1.31. The lowest BCUT2D eigenvalue weighted by molar-refractivity contribution is -0.120. The fourth-order valence-corrected chi connectivity index (χ4v) is 4.67. The molecule has 2 aromatic carbocycles. The van der Waals surface area contributed by atoms with Gasteiger partial charge in [-0.25, -0.2) is 0 Å². The van der Waals surface area contributed by atoms with E-state index in [0.29, 0.717) is 0 Å². The van der Waals surface area contributed by atoms with Gasteiger partial charge in [-0.2, -0.15) is 0 Å². The summed E-state index contributed by atoms with van der Waals surface area (Å²) >= 11 is 1.36. The van der Waals surface area contributed by atoms with Crippen molar-refractivity contribution in [1.29, 1.82) is 0 Å². The number of hydrogen-bond donors (Lipinski definition) is 2. The van der Waals surface area contributed by atoms with Crippen LogP contribution in [0.15, 0.2) is 48.5 Å². The molecule has 0 aliphatic carbocycles. The zero-order valence-electron chi connectivity index (χ0n) is 20.8. The van der Waals surface area contributed by atoms with E-state index in [2.05, 4.69) is 58.5 Å². The van der Waals surface area contributed by atoms with Crippen LogP contribution in [0, 0.1) is 13.8 Å². The predicted octanol–water partition coefficient (Wildman–Crippen LogP) is 4.08. The molecule has 3 rings (SSSR count). The largest absolute Gasteiger partial charge is 0.369 e. The van der Waals surface area contributed by atoms with Crippen molar-refractivity contribution in [1.82, 2.24) is 10.2 Å². The molecule has 1 aliphatic heterocycles. The molecule has 1 fully saturated rings. The van der Waals surface area contributed by atoms with Crippen molar-refractivity contribution < 1.29 is 9.59 Å². The molecule has 2 unspecified atom stereocenters. The van der Waals surface area contributed by atoms with E-state index in [-0.39, 0.29) is 28.9 Å². The van der Waals surface area contributed by atoms with Crippen LogP contribution in [0.3, 0.4) is 0 Å². The minimum atomic E-state index is -0.274. The lowest BCUT2D eigenvalue weighted by Gasteiger charge is -2.36. The van der Waals surface area contributed by atoms with E-state index in [1.807, 2.05) is 38.1 Å². The monoisotopic (exact) mass is 482 g/mol. The number of nitrogens with one attached hydrogen (secondary N) is 2. The topological polar surface area (TPSA) is 64.7 Å². The van der Waals surface area contributed by atoms with Crippen molar-refractivity contribution in [3.63, 3.8) is 0 Å². The standard InChI is InChI=1S/C27H38N4O2S/c1-20-8-10-24(11-9-20)29-26(32)19-34-23(4)27(33)28-22(3)12-13-30-14-16-31(17-15-30)25-7-5-6-21(2)18-25/h5-11,18,22-23H,12-17,19H2,1-4H3,(H,28,33)(H,29,32). The lowest BCUT2D eigenvalue weighted by Crippen LogP contribution is -2.48. The Bertz CT molecular complexity index is 942. The van der Waals surface area contributed by atoms with Gasteiger partial charge < -0.3 is 15.5 Å². The molecule has 2 amide bonds. The molecule has 6 nitrogen and oxygen atoms in total. The number of aryl methyl sites for hydroxylation is 2. The molecule has 0 radical (unpaired) electrons. The molecule has 34 heavy (non-hydrogen) atoms. The van der Waals surface area contributed by atoms with Crippen molar-refractivity contribution in [2.24, 2.45) is 0 Å². The number of anilines is 2. The van der Waals surface area contributed by atoms with Gasteiger partial charge in [0.05, 0.1) is 11.0 Å². The first-order valence-electron chi connectivity index (χ1n) is 12.1. The second-order valence-electron chi connectivity index (χ2n) is 9.23. The van der Waals surface area contributed by atoms with E-state index < -0.39 is 0 Å². The highest BCUT2D eigenvalue weighted by Gasteiger charge is 2.20. The summed E-state index contributed by atoms with van der Waals surface area (Å²) in [7, 11) is 0. The number of rotatable bonds is 10. The lowest BCUT2D eigenvalue weighted by atomic mass is 10.1. The zero-order valence-corrected chi connectivity index (χ0v) is 21.7. The average Bonchev–Trinajstić information content (AvgIpc) is 2.83. The second-order valence-corrected chi connectivity index (χ2v) is 10.6. The van der Waals surface area contributed by atoms with Gasteiger partial charge in [-0.15, -0.1) is 11.8 Å². The van der Waals surface area contributed by atoms with Gasteiger partial charge in [0.25, 0.3) is 0 Å². The molecule has 7 heteroatoms. The third-order valence-electron chi connectivity index (χ3n) is 6.18. The summed E-state index contributed by atoms with van der Waals surface area (Å²) in [4.78, 5) is 29.7. The van der Waals surface area contributed by atoms with Crippen molar-refractivity contribution in [3.05, 3.63) is 59.7 Å².